The van der Waals surface area contributed by atoms with Crippen LogP contribution in [0.4, 0.5) is 11.9 Å². The molecule has 2 rings (SSSR count). The molecule has 0 aliphatic heterocycles. The quantitative estimate of drug-likeness (QED) is 0.612. The van der Waals surface area contributed by atoms with Gasteiger partial charge in [-0.25, -0.2) is 0 Å². The molecule has 1 amide bonds. The van der Waals surface area contributed by atoms with Crippen molar-refractivity contribution in [1.82, 2.24) is 20.3 Å². The van der Waals surface area contributed by atoms with E-state index in [2.05, 4.69) is 25.6 Å². The van der Waals surface area contributed by atoms with Crippen LogP contribution in [-0.2, 0) is 4.79 Å². The van der Waals surface area contributed by atoms with Gasteiger partial charge in [0.15, 0.2) is 0 Å². The van der Waals surface area contributed by atoms with Crippen LogP contribution in [0.2, 0.25) is 0 Å². The topological polar surface area (TPSA) is 115 Å². The molecule has 0 spiro atoms. The first-order valence-electron chi connectivity index (χ1n) is 5.26. The summed E-state index contributed by atoms with van der Waals surface area (Å²) >= 11 is 0. The molecular weight excluding hydrogens is 224 g/mol. The van der Waals surface area contributed by atoms with E-state index in [1.165, 1.54) is 7.11 Å². The minimum atomic E-state index is -0.0922. The minimum Gasteiger partial charge on any atom is -0.467 e. The summed E-state index contributed by atoms with van der Waals surface area (Å²) in [6.45, 7) is 0.100. The highest BCUT2D eigenvalue weighted by atomic mass is 16.5. The van der Waals surface area contributed by atoms with Gasteiger partial charge in [-0.05, 0) is 12.8 Å². The highest BCUT2D eigenvalue weighted by molar-refractivity contribution is 5.80. The Morgan fingerprint density at radius 2 is 2.24 bits per heavy atom. The Bertz CT molecular complexity index is 420. The number of amides is 1. The van der Waals surface area contributed by atoms with Gasteiger partial charge < -0.3 is 21.1 Å². The molecule has 0 saturated heterocycles. The van der Waals surface area contributed by atoms with Crippen LogP contribution in [0.25, 0.3) is 0 Å². The molecule has 1 fully saturated rings. The lowest BCUT2D eigenvalue weighted by Gasteiger charge is -2.06. The van der Waals surface area contributed by atoms with Crippen molar-refractivity contribution in [3.63, 3.8) is 0 Å². The standard InChI is InChI=1S/C9H14N6O2/c1-17-9-14-7(10)13-8(15-9)11-4-6(16)12-5-2-3-5/h5H,2-4H2,1H3,(H,12,16)(H3,10,11,13,14,15). The largest absolute Gasteiger partial charge is 0.467 e. The van der Waals surface area contributed by atoms with Crippen molar-refractivity contribution in [2.75, 3.05) is 24.7 Å². The number of nitrogen functional groups attached to an aromatic ring is 1. The normalized spacial score (nSPS) is 14.2. The summed E-state index contributed by atoms with van der Waals surface area (Å²) in [5, 5.41) is 5.59. The van der Waals surface area contributed by atoms with Gasteiger partial charge in [0.2, 0.25) is 17.8 Å². The lowest BCUT2D eigenvalue weighted by molar-refractivity contribution is -0.119. The molecule has 0 bridgehead atoms. The summed E-state index contributed by atoms with van der Waals surface area (Å²) < 4.78 is 4.83. The van der Waals surface area contributed by atoms with Gasteiger partial charge in [0.05, 0.1) is 13.7 Å². The van der Waals surface area contributed by atoms with Crippen LogP contribution in [0, 0.1) is 0 Å². The predicted octanol–water partition coefficient (Wildman–Crippen LogP) is -0.847. The van der Waals surface area contributed by atoms with Crippen LogP contribution in [0.1, 0.15) is 12.8 Å². The van der Waals surface area contributed by atoms with E-state index >= 15 is 0 Å². The zero-order valence-corrected chi connectivity index (χ0v) is 9.43. The van der Waals surface area contributed by atoms with E-state index in [-0.39, 0.29) is 30.4 Å². The average Bonchev–Trinajstić information content (AvgIpc) is 3.09. The molecule has 0 unspecified atom stereocenters. The second-order valence-electron chi connectivity index (χ2n) is 3.70. The van der Waals surface area contributed by atoms with Crippen molar-refractivity contribution < 1.29 is 9.53 Å². The first kappa shape index (κ1) is 11.4. The molecule has 1 aromatic rings. The Kier molecular flexibility index (Phi) is 3.22. The summed E-state index contributed by atoms with van der Waals surface area (Å²) in [4.78, 5) is 22.9. The van der Waals surface area contributed by atoms with Gasteiger partial charge in [0.25, 0.3) is 0 Å². The van der Waals surface area contributed by atoms with Gasteiger partial charge in [-0.3, -0.25) is 4.79 Å². The van der Waals surface area contributed by atoms with Crippen molar-refractivity contribution >= 4 is 17.8 Å². The highest BCUT2D eigenvalue weighted by Crippen LogP contribution is 2.18. The number of nitrogens with one attached hydrogen (secondary N) is 2. The maximum absolute atomic E-state index is 11.4. The van der Waals surface area contributed by atoms with E-state index in [1.807, 2.05) is 0 Å². The highest BCUT2D eigenvalue weighted by Gasteiger charge is 2.22. The maximum atomic E-state index is 11.4. The Hall–Kier alpha value is -2.12. The maximum Gasteiger partial charge on any atom is 0.322 e. The van der Waals surface area contributed by atoms with Gasteiger partial charge in [-0.15, -0.1) is 0 Å². The molecule has 8 nitrogen and oxygen atoms in total. The molecule has 4 N–H and O–H groups in total. The SMILES string of the molecule is COc1nc(N)nc(NCC(=O)NC2CC2)n1. The third kappa shape index (κ3) is 3.44. The second kappa shape index (κ2) is 4.81. The number of rotatable bonds is 5. The number of carbonyl (C=O) groups excluding carboxylic acids is 1. The molecule has 0 radical (unpaired) electrons. The van der Waals surface area contributed by atoms with Gasteiger partial charge >= 0.3 is 6.01 Å². The van der Waals surface area contributed by atoms with Crippen molar-refractivity contribution in [3.05, 3.63) is 0 Å². The molecule has 17 heavy (non-hydrogen) atoms. The fraction of sp³-hybridized carbons (Fsp3) is 0.556. The van der Waals surface area contributed by atoms with E-state index < -0.39 is 0 Å². The monoisotopic (exact) mass is 238 g/mol. The molecule has 1 heterocycles. The summed E-state index contributed by atoms with van der Waals surface area (Å²) in [6.07, 6.45) is 2.11. The number of hydrogen-bond acceptors (Lipinski definition) is 7. The number of hydrogen-bond donors (Lipinski definition) is 3. The summed E-state index contributed by atoms with van der Waals surface area (Å²) in [5.74, 6) is 0.174. The molecule has 8 heteroatoms. The molecule has 92 valence electrons. The number of ether oxygens (including phenoxy) is 1. The smallest absolute Gasteiger partial charge is 0.322 e. The second-order valence-corrected chi connectivity index (χ2v) is 3.70. The first-order chi connectivity index (χ1) is 8.17. The number of anilines is 2. The molecule has 1 saturated carbocycles. The van der Waals surface area contributed by atoms with Crippen molar-refractivity contribution in [2.45, 2.75) is 18.9 Å². The van der Waals surface area contributed by atoms with E-state index in [0.717, 1.165) is 12.8 Å². The molecule has 1 aliphatic rings. The molecule has 0 atom stereocenters. The number of methoxy groups -OCH3 is 1. The molecule has 1 aliphatic carbocycles. The van der Waals surface area contributed by atoms with E-state index in [9.17, 15) is 4.79 Å². The van der Waals surface area contributed by atoms with Crippen LogP contribution in [0.5, 0.6) is 6.01 Å². The van der Waals surface area contributed by atoms with Crippen molar-refractivity contribution in [2.24, 2.45) is 0 Å². The van der Waals surface area contributed by atoms with Gasteiger partial charge in [-0.2, -0.15) is 15.0 Å². The fourth-order valence-corrected chi connectivity index (χ4v) is 1.21. The zero-order chi connectivity index (χ0) is 12.3. The van der Waals surface area contributed by atoms with E-state index in [0.29, 0.717) is 6.04 Å². The van der Waals surface area contributed by atoms with Crippen LogP contribution in [-0.4, -0.2) is 40.6 Å². The van der Waals surface area contributed by atoms with Gasteiger partial charge in [0.1, 0.15) is 0 Å². The van der Waals surface area contributed by atoms with Crippen molar-refractivity contribution in [3.8, 4) is 6.01 Å². The Morgan fingerprint density at radius 3 is 2.88 bits per heavy atom. The summed E-state index contributed by atoms with van der Waals surface area (Å²) in [7, 11) is 1.43. The molecule has 1 aromatic heterocycles. The van der Waals surface area contributed by atoms with E-state index in [1.54, 1.807) is 0 Å². The summed E-state index contributed by atoms with van der Waals surface area (Å²) in [5.41, 5.74) is 5.45. The van der Waals surface area contributed by atoms with Gasteiger partial charge in [0, 0.05) is 6.04 Å². The van der Waals surface area contributed by atoms with Crippen LogP contribution in [0.15, 0.2) is 0 Å². The van der Waals surface area contributed by atoms with Gasteiger partial charge in [-0.1, -0.05) is 0 Å². The molecule has 0 aromatic carbocycles. The number of nitrogens with zero attached hydrogens (tertiary/aromatic N) is 3. The Balaban J connectivity index is 1.88. The Labute approximate surface area is 98.0 Å². The van der Waals surface area contributed by atoms with E-state index in [4.69, 9.17) is 10.5 Å². The third-order valence-corrected chi connectivity index (χ3v) is 2.16. The Morgan fingerprint density at radius 1 is 1.47 bits per heavy atom. The molecular formula is C9H14N6O2. The summed E-state index contributed by atoms with van der Waals surface area (Å²) in [6, 6.07) is 0.449. The van der Waals surface area contributed by atoms with Crippen molar-refractivity contribution in [1.29, 1.82) is 0 Å². The van der Waals surface area contributed by atoms with Crippen LogP contribution in [0.3, 0.4) is 0 Å². The first-order valence-corrected chi connectivity index (χ1v) is 5.26. The van der Waals surface area contributed by atoms with Crippen LogP contribution < -0.4 is 21.1 Å². The predicted molar refractivity (Wildman–Crippen MR) is 60.4 cm³/mol. The third-order valence-electron chi connectivity index (χ3n) is 2.16. The number of nitrogens with two attached hydrogens (primary N) is 1. The number of aromatic nitrogens is 3. The number of carbonyl (C=O) groups is 1. The van der Waals surface area contributed by atoms with Crippen LogP contribution >= 0.6 is 0 Å². The lowest BCUT2D eigenvalue weighted by atomic mass is 10.5. The fourth-order valence-electron chi connectivity index (χ4n) is 1.21. The minimum absolute atomic E-state index is 0.0435. The lowest BCUT2D eigenvalue weighted by Crippen LogP contribution is -2.31. The average molecular weight is 238 g/mol. The zero-order valence-electron chi connectivity index (χ0n) is 9.43.